The van der Waals surface area contributed by atoms with E-state index in [4.69, 9.17) is 15.6 Å². The van der Waals surface area contributed by atoms with Gasteiger partial charge in [-0.05, 0) is 40.5 Å². The van der Waals surface area contributed by atoms with Crippen molar-refractivity contribution in [2.75, 3.05) is 6.54 Å². The van der Waals surface area contributed by atoms with Gasteiger partial charge in [0.25, 0.3) is 0 Å². The molecule has 1 heterocycles. The molecule has 1 rings (SSSR count). The van der Waals surface area contributed by atoms with Crippen molar-refractivity contribution in [3.8, 4) is 0 Å². The highest BCUT2D eigenvalue weighted by molar-refractivity contribution is 5.71. The molecule has 2 atom stereocenters. The summed E-state index contributed by atoms with van der Waals surface area (Å²) in [6.45, 7) is 7.64. The molecule has 1 fully saturated rings. The van der Waals surface area contributed by atoms with E-state index in [0.717, 1.165) is 6.42 Å². The number of carbonyl (C=O) groups is 2. The van der Waals surface area contributed by atoms with E-state index in [0.29, 0.717) is 13.0 Å². The third kappa shape index (κ3) is 4.38. The van der Waals surface area contributed by atoms with Gasteiger partial charge in [0.2, 0.25) is 0 Å². The van der Waals surface area contributed by atoms with Crippen LogP contribution in [-0.4, -0.2) is 45.8 Å². The maximum atomic E-state index is 12.1. The van der Waals surface area contributed by atoms with Crippen molar-refractivity contribution in [3.63, 3.8) is 0 Å². The number of carbonyl (C=O) groups excluding carboxylic acids is 1. The van der Waals surface area contributed by atoms with Crippen molar-refractivity contribution in [3.05, 3.63) is 0 Å². The predicted octanol–water partition coefficient (Wildman–Crippen LogP) is 1.58. The van der Waals surface area contributed by atoms with Crippen molar-refractivity contribution >= 4 is 12.1 Å². The average molecular weight is 272 g/mol. The number of aliphatic carboxylic acids is 1. The van der Waals surface area contributed by atoms with Gasteiger partial charge in [-0.25, -0.2) is 4.79 Å². The molecule has 0 aromatic rings. The second kappa shape index (κ2) is 5.36. The van der Waals surface area contributed by atoms with Gasteiger partial charge in [-0.2, -0.15) is 0 Å². The zero-order valence-electron chi connectivity index (χ0n) is 12.1. The monoisotopic (exact) mass is 272 g/mol. The highest BCUT2D eigenvalue weighted by atomic mass is 16.6. The molecule has 0 aliphatic carbocycles. The molecule has 1 aliphatic rings. The summed E-state index contributed by atoms with van der Waals surface area (Å²) < 4.78 is 5.34. The molecule has 1 amide bonds. The Bertz CT molecular complexity index is 360. The molecule has 6 nitrogen and oxygen atoms in total. The molecule has 0 radical (unpaired) electrons. The van der Waals surface area contributed by atoms with Crippen molar-refractivity contribution in [1.82, 2.24) is 4.90 Å². The number of likely N-dealkylation sites (tertiary alicyclic amines) is 1. The topological polar surface area (TPSA) is 92.9 Å². The number of nitrogens with zero attached hydrogens (tertiary/aromatic N) is 1. The summed E-state index contributed by atoms with van der Waals surface area (Å²) >= 11 is 0. The second-order valence-corrected chi connectivity index (χ2v) is 6.41. The van der Waals surface area contributed by atoms with Crippen molar-refractivity contribution in [2.24, 2.45) is 5.73 Å². The van der Waals surface area contributed by atoms with Gasteiger partial charge in [0, 0.05) is 12.1 Å². The Morgan fingerprint density at radius 3 is 2.42 bits per heavy atom. The number of nitrogens with two attached hydrogens (primary N) is 1. The number of hydrogen-bond acceptors (Lipinski definition) is 4. The largest absolute Gasteiger partial charge is 0.481 e. The Labute approximate surface area is 113 Å². The van der Waals surface area contributed by atoms with Crippen molar-refractivity contribution in [1.29, 1.82) is 0 Å². The summed E-state index contributed by atoms with van der Waals surface area (Å²) in [5, 5.41) is 8.91. The smallest absolute Gasteiger partial charge is 0.410 e. The standard InChI is InChI=1S/C13H24N2O4/c1-12(2,3)19-11(18)15-7-5-6-9(15)13(4,14)8-10(16)17/h9H,5-8,14H2,1-4H3,(H,16,17). The first-order chi connectivity index (χ1) is 8.53. The molecule has 110 valence electrons. The first-order valence-corrected chi connectivity index (χ1v) is 6.53. The molecule has 2 unspecified atom stereocenters. The van der Waals surface area contributed by atoms with Gasteiger partial charge in [0.05, 0.1) is 12.5 Å². The first-order valence-electron chi connectivity index (χ1n) is 6.53. The molecular weight excluding hydrogens is 248 g/mol. The lowest BCUT2D eigenvalue weighted by atomic mass is 9.88. The Hall–Kier alpha value is -1.30. The number of hydrogen-bond donors (Lipinski definition) is 2. The summed E-state index contributed by atoms with van der Waals surface area (Å²) in [5.74, 6) is -0.957. The Kier molecular flexibility index (Phi) is 4.45. The molecule has 0 aromatic heterocycles. The number of carboxylic acids is 1. The van der Waals surface area contributed by atoms with Crippen LogP contribution in [0.1, 0.15) is 47.0 Å². The van der Waals surface area contributed by atoms with E-state index in [2.05, 4.69) is 0 Å². The van der Waals surface area contributed by atoms with Gasteiger partial charge in [-0.15, -0.1) is 0 Å². The van der Waals surface area contributed by atoms with Crippen LogP contribution in [0.4, 0.5) is 4.79 Å². The average Bonchev–Trinajstić information content (AvgIpc) is 2.60. The van der Waals surface area contributed by atoms with E-state index in [1.807, 2.05) is 0 Å². The van der Waals surface area contributed by atoms with Crippen LogP contribution in [-0.2, 0) is 9.53 Å². The molecule has 0 spiro atoms. The van der Waals surface area contributed by atoms with Crippen LogP contribution in [0.2, 0.25) is 0 Å². The number of ether oxygens (including phenoxy) is 1. The Morgan fingerprint density at radius 1 is 1.37 bits per heavy atom. The summed E-state index contributed by atoms with van der Waals surface area (Å²) in [7, 11) is 0. The zero-order valence-corrected chi connectivity index (χ0v) is 12.1. The van der Waals surface area contributed by atoms with Crippen molar-refractivity contribution in [2.45, 2.75) is 64.1 Å². The molecule has 1 saturated heterocycles. The lowest BCUT2D eigenvalue weighted by molar-refractivity contribution is -0.138. The maximum absolute atomic E-state index is 12.1. The van der Waals surface area contributed by atoms with E-state index < -0.39 is 23.2 Å². The fraction of sp³-hybridized carbons (Fsp3) is 0.846. The quantitative estimate of drug-likeness (QED) is 0.813. The molecule has 0 saturated carbocycles. The number of rotatable bonds is 3. The Balaban J connectivity index is 2.79. The van der Waals surface area contributed by atoms with E-state index in [1.54, 1.807) is 32.6 Å². The summed E-state index contributed by atoms with van der Waals surface area (Å²) in [6.07, 6.45) is 0.935. The van der Waals surface area contributed by atoms with Crippen LogP contribution >= 0.6 is 0 Å². The maximum Gasteiger partial charge on any atom is 0.410 e. The van der Waals surface area contributed by atoms with E-state index in [-0.39, 0.29) is 12.5 Å². The lowest BCUT2D eigenvalue weighted by Gasteiger charge is -2.37. The SMILES string of the molecule is CC(C)(C)OC(=O)N1CCCC1C(C)(N)CC(=O)O. The molecule has 19 heavy (non-hydrogen) atoms. The molecule has 3 N–H and O–H groups in total. The Morgan fingerprint density at radius 2 is 1.95 bits per heavy atom. The molecule has 1 aliphatic heterocycles. The number of amides is 1. The van der Waals surface area contributed by atoms with E-state index in [9.17, 15) is 9.59 Å². The minimum atomic E-state index is -0.957. The third-order valence-electron chi connectivity index (χ3n) is 3.17. The normalized spacial score (nSPS) is 23.0. The van der Waals surface area contributed by atoms with Gasteiger partial charge in [0.15, 0.2) is 0 Å². The van der Waals surface area contributed by atoms with Crippen LogP contribution in [0.25, 0.3) is 0 Å². The van der Waals surface area contributed by atoms with Crippen LogP contribution in [0.3, 0.4) is 0 Å². The molecule has 0 bridgehead atoms. The summed E-state index contributed by atoms with van der Waals surface area (Å²) in [5.41, 5.74) is 4.57. The lowest BCUT2D eigenvalue weighted by Crippen LogP contribution is -2.57. The van der Waals surface area contributed by atoms with E-state index >= 15 is 0 Å². The number of carboxylic acid groups (broad SMARTS) is 1. The summed E-state index contributed by atoms with van der Waals surface area (Å²) in [4.78, 5) is 24.5. The van der Waals surface area contributed by atoms with Gasteiger partial charge < -0.3 is 20.5 Å². The fourth-order valence-corrected chi connectivity index (χ4v) is 2.44. The molecule has 6 heteroatoms. The van der Waals surface area contributed by atoms with Gasteiger partial charge >= 0.3 is 12.1 Å². The summed E-state index contributed by atoms with van der Waals surface area (Å²) in [6, 6.07) is -0.293. The van der Waals surface area contributed by atoms with Gasteiger partial charge in [-0.3, -0.25) is 4.79 Å². The minimum Gasteiger partial charge on any atom is -0.481 e. The minimum absolute atomic E-state index is 0.170. The first kappa shape index (κ1) is 15.8. The highest BCUT2D eigenvalue weighted by Gasteiger charge is 2.42. The fourth-order valence-electron chi connectivity index (χ4n) is 2.44. The molecule has 0 aromatic carbocycles. The van der Waals surface area contributed by atoms with E-state index in [1.165, 1.54) is 0 Å². The van der Waals surface area contributed by atoms with Crippen LogP contribution in [0.5, 0.6) is 0 Å². The third-order valence-corrected chi connectivity index (χ3v) is 3.17. The van der Waals surface area contributed by atoms with Crippen LogP contribution in [0, 0.1) is 0 Å². The predicted molar refractivity (Wildman–Crippen MR) is 70.8 cm³/mol. The highest BCUT2D eigenvalue weighted by Crippen LogP contribution is 2.29. The van der Waals surface area contributed by atoms with Crippen LogP contribution in [0.15, 0.2) is 0 Å². The van der Waals surface area contributed by atoms with Gasteiger partial charge in [-0.1, -0.05) is 0 Å². The van der Waals surface area contributed by atoms with Crippen LogP contribution < -0.4 is 5.73 Å². The van der Waals surface area contributed by atoms with Crippen molar-refractivity contribution < 1.29 is 19.4 Å². The van der Waals surface area contributed by atoms with Gasteiger partial charge in [0.1, 0.15) is 5.60 Å². The second-order valence-electron chi connectivity index (χ2n) is 6.41. The zero-order chi connectivity index (χ0) is 14.8. The molecular formula is C13H24N2O4.